The molecule has 0 amide bonds. The summed E-state index contributed by atoms with van der Waals surface area (Å²) < 4.78 is 0. The van der Waals surface area contributed by atoms with Gasteiger partial charge in [0, 0.05) is 13.1 Å². The minimum Gasteiger partial charge on any atom is -0.303 e. The highest BCUT2D eigenvalue weighted by molar-refractivity contribution is 4.80. The zero-order valence-electron chi connectivity index (χ0n) is 11.9. The molecule has 0 saturated heterocycles. The van der Waals surface area contributed by atoms with Crippen LogP contribution in [0.15, 0.2) is 0 Å². The zero-order chi connectivity index (χ0) is 13.8. The van der Waals surface area contributed by atoms with Crippen LogP contribution in [0.4, 0.5) is 0 Å². The summed E-state index contributed by atoms with van der Waals surface area (Å²) in [4.78, 5) is 6.48. The summed E-state index contributed by atoms with van der Waals surface area (Å²) in [5.41, 5.74) is 0. The Labute approximate surface area is 111 Å². The van der Waals surface area contributed by atoms with Gasteiger partial charge in [0.1, 0.15) is 0 Å². The van der Waals surface area contributed by atoms with Crippen molar-refractivity contribution in [3.63, 3.8) is 0 Å². The van der Waals surface area contributed by atoms with Crippen molar-refractivity contribution in [3.8, 4) is 12.1 Å². The van der Waals surface area contributed by atoms with Gasteiger partial charge in [-0.15, -0.1) is 0 Å². The molecule has 0 atom stereocenters. The highest BCUT2D eigenvalue weighted by Crippen LogP contribution is 1.96. The molecule has 0 bridgehead atoms. The maximum Gasteiger partial charge on any atom is 0.0876 e. The number of nitriles is 2. The fourth-order valence-corrected chi connectivity index (χ4v) is 1.77. The number of likely N-dealkylation sites (N-methyl/N-ethyl adjacent to an activating group) is 1. The molecule has 0 aromatic heterocycles. The van der Waals surface area contributed by atoms with E-state index in [1.54, 1.807) is 0 Å². The first-order valence-electron chi connectivity index (χ1n) is 6.62. The van der Waals surface area contributed by atoms with Crippen molar-refractivity contribution >= 4 is 0 Å². The summed E-state index contributed by atoms with van der Waals surface area (Å²) in [6, 6.07) is 4.36. The molecule has 0 unspecified atom stereocenters. The third kappa shape index (κ3) is 7.24. The molecule has 18 heavy (non-hydrogen) atoms. The first-order valence-corrected chi connectivity index (χ1v) is 6.62. The fourth-order valence-electron chi connectivity index (χ4n) is 1.77. The Morgan fingerprint density at radius 2 is 1.17 bits per heavy atom. The van der Waals surface area contributed by atoms with Crippen LogP contribution in [0.1, 0.15) is 20.8 Å². The van der Waals surface area contributed by atoms with Crippen LogP contribution < -0.4 is 0 Å². The summed E-state index contributed by atoms with van der Waals surface area (Å²) >= 11 is 0. The molecule has 0 fully saturated rings. The summed E-state index contributed by atoms with van der Waals surface area (Å²) in [5, 5.41) is 17.6. The van der Waals surface area contributed by atoms with Crippen molar-refractivity contribution in [3.05, 3.63) is 0 Å². The van der Waals surface area contributed by atoms with Gasteiger partial charge in [-0.25, -0.2) is 0 Å². The third-order valence-corrected chi connectivity index (χ3v) is 3.06. The molecule has 0 aromatic rings. The SMILES string of the molecule is CCN(CC)CCN(CC#N)CN(CC)CC#N. The van der Waals surface area contributed by atoms with Gasteiger partial charge < -0.3 is 4.90 Å². The van der Waals surface area contributed by atoms with Crippen molar-refractivity contribution in [2.24, 2.45) is 0 Å². The summed E-state index contributed by atoms with van der Waals surface area (Å²) in [6.07, 6.45) is 0. The van der Waals surface area contributed by atoms with Crippen molar-refractivity contribution in [1.82, 2.24) is 14.7 Å². The molecule has 5 heteroatoms. The number of hydrogen-bond donors (Lipinski definition) is 0. The van der Waals surface area contributed by atoms with E-state index in [2.05, 4.69) is 35.8 Å². The van der Waals surface area contributed by atoms with Gasteiger partial charge in [0.05, 0.1) is 31.9 Å². The number of hydrogen-bond acceptors (Lipinski definition) is 5. The van der Waals surface area contributed by atoms with Gasteiger partial charge in [0.25, 0.3) is 0 Å². The minimum atomic E-state index is 0.420. The van der Waals surface area contributed by atoms with E-state index in [4.69, 9.17) is 10.5 Å². The molecule has 0 aromatic carbocycles. The van der Waals surface area contributed by atoms with Gasteiger partial charge in [0.2, 0.25) is 0 Å². The van der Waals surface area contributed by atoms with E-state index in [-0.39, 0.29) is 0 Å². The Morgan fingerprint density at radius 3 is 1.61 bits per heavy atom. The zero-order valence-corrected chi connectivity index (χ0v) is 11.9. The molecular weight excluding hydrogens is 226 g/mol. The summed E-state index contributed by atoms with van der Waals surface area (Å²) in [6.45, 7) is 12.6. The van der Waals surface area contributed by atoms with Gasteiger partial charge in [0.15, 0.2) is 0 Å². The average molecular weight is 251 g/mol. The Morgan fingerprint density at radius 1 is 0.722 bits per heavy atom. The normalized spacial score (nSPS) is 10.9. The maximum absolute atomic E-state index is 8.84. The topological polar surface area (TPSA) is 57.3 Å². The minimum absolute atomic E-state index is 0.420. The van der Waals surface area contributed by atoms with Crippen LogP contribution in [0.5, 0.6) is 0 Å². The molecule has 102 valence electrons. The fraction of sp³-hybridized carbons (Fsp3) is 0.846. The molecule has 0 aliphatic heterocycles. The van der Waals surface area contributed by atoms with E-state index in [0.717, 1.165) is 32.7 Å². The third-order valence-electron chi connectivity index (χ3n) is 3.06. The predicted octanol–water partition coefficient (Wildman–Crippen LogP) is 0.957. The number of nitrogens with zero attached hydrogens (tertiary/aromatic N) is 5. The lowest BCUT2D eigenvalue weighted by Crippen LogP contribution is -2.42. The van der Waals surface area contributed by atoms with Gasteiger partial charge in [-0.3, -0.25) is 9.80 Å². The molecule has 0 heterocycles. The largest absolute Gasteiger partial charge is 0.303 e. The molecule has 0 spiro atoms. The van der Waals surface area contributed by atoms with Crippen LogP contribution in [0.25, 0.3) is 0 Å². The van der Waals surface area contributed by atoms with Gasteiger partial charge in [-0.05, 0) is 19.6 Å². The first-order chi connectivity index (χ1) is 8.71. The average Bonchev–Trinajstić information content (AvgIpc) is 2.39. The van der Waals surface area contributed by atoms with E-state index < -0.39 is 0 Å². The molecule has 0 rings (SSSR count). The van der Waals surface area contributed by atoms with Gasteiger partial charge in [-0.2, -0.15) is 10.5 Å². The second-order valence-corrected chi connectivity index (χ2v) is 4.18. The van der Waals surface area contributed by atoms with Crippen molar-refractivity contribution in [2.75, 3.05) is 52.5 Å². The molecule has 0 aliphatic rings. The Kier molecular flexibility index (Phi) is 10.3. The molecule has 0 saturated carbocycles. The standard InChI is InChI=1S/C13H25N5/c1-4-16(5-2)11-12-18(10-8-15)13-17(6-3)9-7-14/h4-6,9-13H2,1-3H3. The smallest absolute Gasteiger partial charge is 0.0876 e. The molecular formula is C13H25N5. The second kappa shape index (κ2) is 11.0. The maximum atomic E-state index is 8.84. The van der Waals surface area contributed by atoms with Crippen LogP contribution in [0.3, 0.4) is 0 Å². The number of rotatable bonds is 10. The Hall–Kier alpha value is -1.14. The van der Waals surface area contributed by atoms with E-state index in [0.29, 0.717) is 19.8 Å². The van der Waals surface area contributed by atoms with Crippen LogP contribution in [0, 0.1) is 22.7 Å². The van der Waals surface area contributed by atoms with Crippen LogP contribution >= 0.6 is 0 Å². The first kappa shape index (κ1) is 16.9. The molecule has 0 N–H and O–H groups in total. The van der Waals surface area contributed by atoms with E-state index in [9.17, 15) is 0 Å². The molecule has 0 aliphatic carbocycles. The quantitative estimate of drug-likeness (QED) is 0.427. The van der Waals surface area contributed by atoms with Crippen LogP contribution in [-0.4, -0.2) is 67.2 Å². The van der Waals surface area contributed by atoms with E-state index in [1.165, 1.54) is 0 Å². The highest BCUT2D eigenvalue weighted by atomic mass is 15.3. The van der Waals surface area contributed by atoms with Crippen molar-refractivity contribution < 1.29 is 0 Å². The lowest BCUT2D eigenvalue weighted by atomic mass is 10.4. The van der Waals surface area contributed by atoms with Crippen LogP contribution in [-0.2, 0) is 0 Å². The van der Waals surface area contributed by atoms with Crippen LogP contribution in [0.2, 0.25) is 0 Å². The second-order valence-electron chi connectivity index (χ2n) is 4.18. The lowest BCUT2D eigenvalue weighted by molar-refractivity contribution is 0.144. The monoisotopic (exact) mass is 251 g/mol. The van der Waals surface area contributed by atoms with Gasteiger partial charge in [-0.1, -0.05) is 20.8 Å². The van der Waals surface area contributed by atoms with E-state index in [1.807, 2.05) is 11.8 Å². The van der Waals surface area contributed by atoms with Crippen molar-refractivity contribution in [2.45, 2.75) is 20.8 Å². The summed E-state index contributed by atoms with van der Waals surface area (Å²) in [5.74, 6) is 0. The highest BCUT2D eigenvalue weighted by Gasteiger charge is 2.10. The molecule has 0 radical (unpaired) electrons. The Bertz CT molecular complexity index is 274. The van der Waals surface area contributed by atoms with Crippen molar-refractivity contribution in [1.29, 1.82) is 10.5 Å². The molecule has 5 nitrogen and oxygen atoms in total. The van der Waals surface area contributed by atoms with Gasteiger partial charge >= 0.3 is 0 Å². The lowest BCUT2D eigenvalue weighted by Gasteiger charge is -2.28. The predicted molar refractivity (Wildman–Crippen MR) is 72.7 cm³/mol. The summed E-state index contributed by atoms with van der Waals surface area (Å²) in [7, 11) is 0. The van der Waals surface area contributed by atoms with E-state index >= 15 is 0 Å². The Balaban J connectivity index is 4.21.